The molecule has 2 rings (SSSR count). The van der Waals surface area contributed by atoms with Crippen molar-refractivity contribution < 1.29 is 28.5 Å². The van der Waals surface area contributed by atoms with Crippen LogP contribution in [0.5, 0.6) is 0 Å². The third-order valence-electron chi connectivity index (χ3n) is 7.29. The average molecular weight is 535 g/mol. The predicted octanol–water partition coefficient (Wildman–Crippen LogP) is 6.67. The number of azo groups is 1. The summed E-state index contributed by atoms with van der Waals surface area (Å²) in [5.74, 6) is -0.689. The van der Waals surface area contributed by atoms with Gasteiger partial charge in [0.2, 0.25) is 0 Å². The molecule has 38 heavy (non-hydrogen) atoms. The zero-order chi connectivity index (χ0) is 27.3. The molecule has 0 atom stereocenters. The van der Waals surface area contributed by atoms with E-state index in [1.54, 1.807) is 0 Å². The van der Waals surface area contributed by atoms with Crippen LogP contribution in [-0.2, 0) is 28.5 Å². The van der Waals surface area contributed by atoms with Crippen LogP contribution in [0.3, 0.4) is 0 Å². The Morgan fingerprint density at radius 2 is 0.895 bits per heavy atom. The molecule has 2 aliphatic rings. The number of hydrogen-bond donors (Lipinski definition) is 0. The van der Waals surface area contributed by atoms with Gasteiger partial charge in [0, 0.05) is 25.4 Å². The molecule has 0 radical (unpaired) electrons. The lowest BCUT2D eigenvalue weighted by molar-refractivity contribution is -0.138. The van der Waals surface area contributed by atoms with Crippen LogP contribution in [0.4, 0.5) is 0 Å². The zero-order valence-electron chi connectivity index (χ0n) is 23.4. The summed E-state index contributed by atoms with van der Waals surface area (Å²) < 4.78 is 22.1. The fraction of sp³-hybridized carbons (Fsp3) is 0.800. The summed E-state index contributed by atoms with van der Waals surface area (Å²) in [6.07, 6.45) is 19.9. The maximum atomic E-state index is 11.0. The molecule has 0 heterocycles. The monoisotopic (exact) mass is 534 g/mol. The molecule has 8 nitrogen and oxygen atoms in total. The van der Waals surface area contributed by atoms with Crippen LogP contribution in [0.15, 0.2) is 35.5 Å². The topological polar surface area (TPSA) is 95.8 Å². The van der Waals surface area contributed by atoms with Gasteiger partial charge in [0.1, 0.15) is 0 Å². The third kappa shape index (κ3) is 15.4. The van der Waals surface area contributed by atoms with Crippen molar-refractivity contribution in [1.29, 1.82) is 0 Å². The van der Waals surface area contributed by atoms with Crippen molar-refractivity contribution in [2.24, 2.45) is 10.2 Å². The molecule has 0 bridgehead atoms. The van der Waals surface area contributed by atoms with E-state index in [2.05, 4.69) is 13.2 Å². The lowest BCUT2D eigenvalue weighted by atomic mass is 9.93. The van der Waals surface area contributed by atoms with Crippen LogP contribution in [0.1, 0.15) is 103 Å². The number of nitrogens with zero attached hydrogens (tertiary/aromatic N) is 2. The molecule has 2 aliphatic carbocycles. The Hall–Kier alpha value is -2.06. The van der Waals surface area contributed by atoms with E-state index in [4.69, 9.17) is 29.2 Å². The SMILES string of the molecule is C=CC(=O)OCCCCCCOC1CCC(N=NC2CCC(OCCCCCCOC(=O)C=C)CC2)CC1. The van der Waals surface area contributed by atoms with Crippen molar-refractivity contribution >= 4 is 11.9 Å². The van der Waals surface area contributed by atoms with Gasteiger partial charge in [-0.1, -0.05) is 26.0 Å². The highest BCUT2D eigenvalue weighted by Crippen LogP contribution is 2.27. The quantitative estimate of drug-likeness (QED) is 0.0749. The Labute approximate surface area is 229 Å². The van der Waals surface area contributed by atoms with Crippen LogP contribution in [0, 0.1) is 0 Å². The first-order chi connectivity index (χ1) is 18.6. The van der Waals surface area contributed by atoms with E-state index < -0.39 is 0 Å². The Morgan fingerprint density at radius 3 is 1.24 bits per heavy atom. The number of carbonyl (C=O) groups excluding carboxylic acids is 2. The van der Waals surface area contributed by atoms with Crippen molar-refractivity contribution in [2.75, 3.05) is 26.4 Å². The highest BCUT2D eigenvalue weighted by molar-refractivity contribution is 5.81. The van der Waals surface area contributed by atoms with E-state index in [-0.39, 0.29) is 11.9 Å². The van der Waals surface area contributed by atoms with Gasteiger partial charge in [-0.25, -0.2) is 9.59 Å². The van der Waals surface area contributed by atoms with Gasteiger partial charge < -0.3 is 18.9 Å². The Kier molecular flexibility index (Phi) is 17.6. The summed E-state index contributed by atoms with van der Waals surface area (Å²) in [7, 11) is 0. The molecule has 0 aromatic heterocycles. The molecular weight excluding hydrogens is 484 g/mol. The van der Waals surface area contributed by atoms with E-state index in [9.17, 15) is 9.59 Å². The molecule has 8 heteroatoms. The Balaban J connectivity index is 1.41. The number of unbranched alkanes of at least 4 members (excludes halogenated alkanes) is 6. The average Bonchev–Trinajstić information content (AvgIpc) is 2.95. The third-order valence-corrected chi connectivity index (χ3v) is 7.29. The first-order valence-corrected chi connectivity index (χ1v) is 14.8. The summed E-state index contributed by atoms with van der Waals surface area (Å²) in [6, 6.07) is 0.699. The van der Waals surface area contributed by atoms with Crippen LogP contribution in [0.25, 0.3) is 0 Å². The van der Waals surface area contributed by atoms with E-state index in [1.807, 2.05) is 0 Å². The largest absolute Gasteiger partial charge is 0.463 e. The molecule has 0 spiro atoms. The maximum Gasteiger partial charge on any atom is 0.330 e. The van der Waals surface area contributed by atoms with Crippen molar-refractivity contribution in [2.45, 2.75) is 127 Å². The molecule has 0 N–H and O–H groups in total. The van der Waals surface area contributed by atoms with Crippen LogP contribution in [0.2, 0.25) is 0 Å². The normalized spacial score (nSPS) is 23.7. The highest BCUT2D eigenvalue weighted by atomic mass is 16.5. The molecule has 0 aliphatic heterocycles. The number of carbonyl (C=O) groups is 2. The lowest BCUT2D eigenvalue weighted by Gasteiger charge is -2.28. The molecule has 216 valence electrons. The summed E-state index contributed by atoms with van der Waals surface area (Å²) in [5.41, 5.74) is 0. The van der Waals surface area contributed by atoms with Crippen molar-refractivity contribution in [3.63, 3.8) is 0 Å². The van der Waals surface area contributed by atoms with Crippen molar-refractivity contribution in [3.05, 3.63) is 25.3 Å². The zero-order valence-corrected chi connectivity index (χ0v) is 23.4. The molecule has 2 saturated carbocycles. The smallest absolute Gasteiger partial charge is 0.330 e. The van der Waals surface area contributed by atoms with E-state index >= 15 is 0 Å². The van der Waals surface area contributed by atoms with Crippen molar-refractivity contribution in [3.8, 4) is 0 Å². The van der Waals surface area contributed by atoms with E-state index in [0.29, 0.717) is 37.5 Å². The van der Waals surface area contributed by atoms with Gasteiger partial charge in [-0.05, 0) is 89.9 Å². The standard InChI is InChI=1S/C30H50N2O6/c1-3-29(33)37-23-11-7-5-9-21-35-27-17-13-25(14-18-27)31-32-26-15-19-28(20-16-26)36-22-10-6-8-12-24-38-30(34)4-2/h3-4,25-28H,1-2,5-24H2. The van der Waals surface area contributed by atoms with Crippen LogP contribution < -0.4 is 0 Å². The second-order valence-corrected chi connectivity index (χ2v) is 10.4. The summed E-state index contributed by atoms with van der Waals surface area (Å²) in [5, 5.41) is 9.40. The van der Waals surface area contributed by atoms with Crippen LogP contribution >= 0.6 is 0 Å². The minimum absolute atomic E-state index is 0.344. The van der Waals surface area contributed by atoms with Gasteiger partial charge in [-0.2, -0.15) is 10.2 Å². The first kappa shape index (κ1) is 32.2. The summed E-state index contributed by atoms with van der Waals surface area (Å²) >= 11 is 0. The fourth-order valence-corrected chi connectivity index (χ4v) is 4.92. The second-order valence-electron chi connectivity index (χ2n) is 10.4. The summed E-state index contributed by atoms with van der Waals surface area (Å²) in [6.45, 7) is 9.34. The van der Waals surface area contributed by atoms with E-state index in [0.717, 1.165) is 116 Å². The van der Waals surface area contributed by atoms with Gasteiger partial charge in [0.05, 0.1) is 37.5 Å². The van der Waals surface area contributed by atoms with Gasteiger partial charge in [-0.15, -0.1) is 0 Å². The van der Waals surface area contributed by atoms with Gasteiger partial charge in [0.25, 0.3) is 0 Å². The number of esters is 2. The van der Waals surface area contributed by atoms with E-state index in [1.165, 1.54) is 12.2 Å². The molecule has 0 aromatic rings. The molecule has 0 saturated heterocycles. The van der Waals surface area contributed by atoms with Crippen molar-refractivity contribution in [1.82, 2.24) is 0 Å². The fourth-order valence-electron chi connectivity index (χ4n) is 4.92. The van der Waals surface area contributed by atoms with Gasteiger partial charge >= 0.3 is 11.9 Å². The summed E-state index contributed by atoms with van der Waals surface area (Å²) in [4.78, 5) is 22.0. The second kappa shape index (κ2) is 20.8. The predicted molar refractivity (Wildman–Crippen MR) is 148 cm³/mol. The Bertz CT molecular complexity index is 639. The van der Waals surface area contributed by atoms with Gasteiger partial charge in [0.15, 0.2) is 0 Å². The van der Waals surface area contributed by atoms with Crippen LogP contribution in [-0.4, -0.2) is 62.7 Å². The minimum atomic E-state index is -0.344. The van der Waals surface area contributed by atoms with Gasteiger partial charge in [-0.3, -0.25) is 0 Å². The molecule has 0 unspecified atom stereocenters. The highest BCUT2D eigenvalue weighted by Gasteiger charge is 2.24. The molecule has 0 amide bonds. The first-order valence-electron chi connectivity index (χ1n) is 14.8. The minimum Gasteiger partial charge on any atom is -0.463 e. The number of rotatable bonds is 20. The maximum absolute atomic E-state index is 11.0. The molecule has 0 aromatic carbocycles. The lowest BCUT2D eigenvalue weighted by Crippen LogP contribution is -2.25. The molecular formula is C30H50N2O6. The Morgan fingerprint density at radius 1 is 0.553 bits per heavy atom. The number of hydrogen-bond acceptors (Lipinski definition) is 8. The molecule has 2 fully saturated rings. The number of ether oxygens (including phenoxy) is 4.